The monoisotopic (exact) mass is 1050 g/mol. The average molecular weight is 1050 g/mol. The predicted molar refractivity (Wildman–Crippen MR) is 300 cm³/mol. The van der Waals surface area contributed by atoms with E-state index in [2.05, 4.69) is 116 Å². The third-order valence-electron chi connectivity index (χ3n) is 15.9. The summed E-state index contributed by atoms with van der Waals surface area (Å²) in [7, 11) is 7.73. The number of likely N-dealkylation sites (tertiary alicyclic amines) is 1. The molecule has 3 amide bonds. The fourth-order valence-corrected chi connectivity index (χ4v) is 12.4. The number of carbonyl (C=O) groups excluding carboxylic acids is 4. The van der Waals surface area contributed by atoms with Crippen LogP contribution in [0.5, 0.6) is 0 Å². The van der Waals surface area contributed by atoms with Crippen molar-refractivity contribution in [2.45, 2.75) is 174 Å². The van der Waals surface area contributed by atoms with Gasteiger partial charge in [0, 0.05) is 26.3 Å². The van der Waals surface area contributed by atoms with Gasteiger partial charge in [0.2, 0.25) is 12.3 Å². The number of nitrogens with zero attached hydrogens (tertiary/aromatic N) is 4. The first-order valence-electron chi connectivity index (χ1n) is 27.9. The maximum absolute atomic E-state index is 14.2. The molecule has 16 nitrogen and oxygen atoms in total. The van der Waals surface area contributed by atoms with Crippen LogP contribution >= 0.6 is 0 Å². The van der Waals surface area contributed by atoms with E-state index >= 15 is 0 Å². The number of amides is 3. The number of hydrogen-bond acceptors (Lipinski definition) is 11. The van der Waals surface area contributed by atoms with Crippen LogP contribution in [0.25, 0.3) is 27.6 Å². The minimum atomic E-state index is -0.426. The van der Waals surface area contributed by atoms with E-state index in [1.54, 1.807) is 14.2 Å². The average Bonchev–Trinajstić information content (AvgIpc) is 4.14. The van der Waals surface area contributed by atoms with Gasteiger partial charge in [-0.3, -0.25) is 14.4 Å². The molecule has 3 fully saturated rings. The number of aromatic nitrogens is 4. The second-order valence-electron chi connectivity index (χ2n) is 21.5. The molecule has 7 atom stereocenters. The van der Waals surface area contributed by atoms with Crippen LogP contribution in [0, 0.1) is 11.8 Å². The van der Waals surface area contributed by atoms with Crippen LogP contribution < -0.4 is 10.6 Å². The highest BCUT2D eigenvalue weighted by Crippen LogP contribution is 2.45. The molecule has 8 rings (SSSR count). The molecule has 0 bridgehead atoms. The highest BCUT2D eigenvalue weighted by atomic mass is 16.5. The van der Waals surface area contributed by atoms with E-state index in [9.17, 15) is 14.4 Å². The van der Waals surface area contributed by atoms with Gasteiger partial charge in [0.15, 0.2) is 0 Å². The zero-order chi connectivity index (χ0) is 54.7. The van der Waals surface area contributed by atoms with Crippen LogP contribution in [-0.2, 0) is 39.8 Å². The summed E-state index contributed by atoms with van der Waals surface area (Å²) in [5.41, 5.74) is 12.3. The highest BCUT2D eigenvalue weighted by molar-refractivity contribution is 5.88. The highest BCUT2D eigenvalue weighted by Gasteiger charge is 2.43. The number of likely N-dealkylation sites (N-methyl/N-ethyl adjacent to an activating group) is 1. The SMILES string of the molecule is CCC(c1nc2ccc(C3=C(C)CC(C)CC(C)=C3CC/C=C/Cc3ccc4nc(C5CC6CCCCC6N5C=O)[nH]c4c3)cc2[nH]1)N(C(=O)C(COC)NC)C1CCCCC1.COC=O.COCC(C)NC(=O)OC. The number of carbonyl (C=O) groups is 4. The molecule has 76 heavy (non-hydrogen) atoms. The predicted octanol–water partition coefficient (Wildman–Crippen LogP) is 11.0. The van der Waals surface area contributed by atoms with Gasteiger partial charge in [-0.15, -0.1) is 0 Å². The Morgan fingerprint density at radius 3 is 2.24 bits per heavy atom. The standard InChI is InChI=1S/C52H71N7O3.C6H13NO3.C2H4O2/c1-7-46(59(39-18-11-9-12-19-39)52(61)45(53-5)31-62-6)50-54-42-25-23-38(29-44(42)57-50)49-35(4)27-33(2)26-34(3)40(49)20-13-8-10-16-36-22-24-41-43(28-36)56-51(55-41)48-30-37-17-14-15-21-47(37)58(48)32-60;1-5(4-9-2)7-6(8)10-3;1-4-2-3/h8,10,22-25,28-29,32-33,37,39,45-48,53H,7,9,11-21,26-27,30-31H2,1-6H3,(H,54,57)(H,55,56);5H,4H2,1-3H3,(H,7,8);2H,1H3/b10-8+;;. The molecule has 16 heteroatoms. The number of allylic oxidation sites excluding steroid dienone is 6. The third-order valence-corrected chi connectivity index (χ3v) is 15.9. The summed E-state index contributed by atoms with van der Waals surface area (Å²) < 4.78 is 18.5. The van der Waals surface area contributed by atoms with E-state index in [1.165, 1.54) is 73.3 Å². The zero-order valence-corrected chi connectivity index (χ0v) is 47.2. The molecular formula is C60H88N8O8. The fourth-order valence-electron chi connectivity index (χ4n) is 12.4. The van der Waals surface area contributed by atoms with Gasteiger partial charge in [-0.2, -0.15) is 0 Å². The first-order valence-corrected chi connectivity index (χ1v) is 27.9. The molecule has 4 N–H and O–H groups in total. The van der Waals surface area contributed by atoms with E-state index in [1.807, 2.05) is 14.0 Å². The maximum atomic E-state index is 14.2. The molecule has 1 aliphatic heterocycles. The van der Waals surface area contributed by atoms with Crippen molar-refractivity contribution in [2.24, 2.45) is 11.8 Å². The van der Waals surface area contributed by atoms with Crippen molar-refractivity contribution in [3.8, 4) is 0 Å². The molecule has 1 saturated heterocycles. The third kappa shape index (κ3) is 15.2. The molecule has 2 aromatic heterocycles. The van der Waals surface area contributed by atoms with Crippen molar-refractivity contribution in [2.75, 3.05) is 48.7 Å². The Kier molecular flexibility index (Phi) is 23.1. The Hall–Kier alpha value is -5.84. The Morgan fingerprint density at radius 2 is 1.55 bits per heavy atom. The number of aromatic amines is 2. The molecule has 2 saturated carbocycles. The molecule has 416 valence electrons. The largest absolute Gasteiger partial charge is 0.471 e. The van der Waals surface area contributed by atoms with Crippen LogP contribution in [0.15, 0.2) is 65.3 Å². The van der Waals surface area contributed by atoms with Gasteiger partial charge < -0.3 is 49.3 Å². The summed E-state index contributed by atoms with van der Waals surface area (Å²) in [6.45, 7) is 12.3. The van der Waals surface area contributed by atoms with E-state index < -0.39 is 12.1 Å². The molecule has 3 aliphatic carbocycles. The van der Waals surface area contributed by atoms with Gasteiger partial charge in [-0.1, -0.05) is 81.4 Å². The first-order chi connectivity index (χ1) is 36.8. The van der Waals surface area contributed by atoms with Gasteiger partial charge in [0.05, 0.1) is 67.6 Å². The van der Waals surface area contributed by atoms with Gasteiger partial charge in [-0.05, 0) is 157 Å². The number of imidazole rings is 2. The minimum absolute atomic E-state index is 0.00236. The zero-order valence-electron chi connectivity index (χ0n) is 47.2. The lowest BCUT2D eigenvalue weighted by molar-refractivity contribution is -0.141. The Bertz CT molecular complexity index is 2610. The van der Waals surface area contributed by atoms with Crippen LogP contribution in [-0.4, -0.2) is 127 Å². The number of benzene rings is 2. The number of fused-ring (bicyclic) bond motifs is 3. The summed E-state index contributed by atoms with van der Waals surface area (Å²) in [4.78, 5) is 67.6. The number of ether oxygens (including phenoxy) is 4. The Balaban J connectivity index is 0.000000591. The summed E-state index contributed by atoms with van der Waals surface area (Å²) in [6, 6.07) is 13.4. The first kappa shape index (κ1) is 59.4. The summed E-state index contributed by atoms with van der Waals surface area (Å²) in [6.07, 6.45) is 22.5. The number of methoxy groups -OCH3 is 4. The second kappa shape index (κ2) is 29.6. The normalized spacial score (nSPS) is 21.2. The maximum Gasteiger partial charge on any atom is 0.407 e. The van der Waals surface area contributed by atoms with Gasteiger partial charge >= 0.3 is 6.09 Å². The van der Waals surface area contributed by atoms with E-state index in [4.69, 9.17) is 24.2 Å². The number of alkyl carbamates (subject to hydrolysis) is 1. The number of hydrogen-bond donors (Lipinski definition) is 4. The van der Waals surface area contributed by atoms with Gasteiger partial charge in [0.25, 0.3) is 6.47 Å². The van der Waals surface area contributed by atoms with Crippen LogP contribution in [0.2, 0.25) is 0 Å². The number of H-pyrrole nitrogens is 2. The fraction of sp³-hybridized carbons (Fsp3) is 0.600. The molecule has 3 heterocycles. The van der Waals surface area contributed by atoms with E-state index in [0.29, 0.717) is 37.6 Å². The summed E-state index contributed by atoms with van der Waals surface area (Å²) in [5.74, 6) is 3.08. The second-order valence-corrected chi connectivity index (χ2v) is 21.5. The lowest BCUT2D eigenvalue weighted by atomic mass is 9.85. The Morgan fingerprint density at radius 1 is 0.868 bits per heavy atom. The molecule has 4 aromatic rings. The molecule has 4 aliphatic rings. The van der Waals surface area contributed by atoms with Crippen molar-refractivity contribution in [3.05, 3.63) is 88.0 Å². The van der Waals surface area contributed by atoms with Gasteiger partial charge in [0.1, 0.15) is 17.7 Å². The van der Waals surface area contributed by atoms with Crippen LogP contribution in [0.4, 0.5) is 4.79 Å². The smallest absolute Gasteiger partial charge is 0.407 e. The summed E-state index contributed by atoms with van der Waals surface area (Å²) in [5, 5.41) is 5.77. The lowest BCUT2D eigenvalue weighted by Gasteiger charge is -2.40. The van der Waals surface area contributed by atoms with Crippen LogP contribution in [0.1, 0.15) is 166 Å². The van der Waals surface area contributed by atoms with E-state index in [-0.39, 0.29) is 30.1 Å². The molecule has 0 radical (unpaired) electrons. The lowest BCUT2D eigenvalue weighted by Crippen LogP contribution is -2.53. The summed E-state index contributed by atoms with van der Waals surface area (Å²) >= 11 is 0. The minimum Gasteiger partial charge on any atom is -0.471 e. The van der Waals surface area contributed by atoms with Crippen molar-refractivity contribution >= 4 is 52.5 Å². The molecular weight excluding hydrogens is 961 g/mol. The number of nitrogens with one attached hydrogen (secondary N) is 4. The van der Waals surface area contributed by atoms with Crippen molar-refractivity contribution in [3.63, 3.8) is 0 Å². The topological polar surface area (TPSA) is 193 Å². The quantitative estimate of drug-likeness (QED) is 0.0486. The number of rotatable bonds is 20. The van der Waals surface area contributed by atoms with Gasteiger partial charge in [-0.25, -0.2) is 14.8 Å². The van der Waals surface area contributed by atoms with Crippen molar-refractivity contribution < 1.29 is 38.1 Å². The Labute approximate surface area is 451 Å². The molecule has 2 aromatic carbocycles. The molecule has 7 unspecified atom stereocenters. The molecule has 0 spiro atoms. The van der Waals surface area contributed by atoms with E-state index in [0.717, 1.165) is 117 Å². The van der Waals surface area contributed by atoms with Crippen LogP contribution in [0.3, 0.4) is 0 Å². The van der Waals surface area contributed by atoms with Crippen molar-refractivity contribution in [1.29, 1.82) is 0 Å². The van der Waals surface area contributed by atoms with Crippen molar-refractivity contribution in [1.82, 2.24) is 40.4 Å².